The van der Waals surface area contributed by atoms with Crippen LogP contribution in [0.15, 0.2) is 60.7 Å². The number of allylic oxidation sites excluding steroid dienone is 2. The van der Waals surface area contributed by atoms with Gasteiger partial charge in [-0.2, -0.15) is 12.2 Å². The molecule has 4 heteroatoms. The topological polar surface area (TPSA) is 16.1 Å². The summed E-state index contributed by atoms with van der Waals surface area (Å²) >= 11 is 0. The van der Waals surface area contributed by atoms with Gasteiger partial charge in [-0.15, -0.1) is 12.2 Å². The summed E-state index contributed by atoms with van der Waals surface area (Å²) < 4.78 is 0. The first kappa shape index (κ1) is 15.7. The molecule has 0 unspecified atom stereocenters. The Bertz CT molecular complexity index is 647. The van der Waals surface area contributed by atoms with E-state index in [0.717, 1.165) is 5.82 Å². The van der Waals surface area contributed by atoms with Crippen LogP contribution in [0.3, 0.4) is 0 Å². The maximum Gasteiger partial charge on any atom is 0.285 e. The molecule has 1 aliphatic heterocycles. The minimum atomic E-state index is 0. The second-order valence-corrected chi connectivity index (χ2v) is 4.99. The molecule has 1 aromatic heterocycles. The number of rotatable bonds is 2. The third-order valence-electron chi connectivity index (χ3n) is 3.62. The van der Waals surface area contributed by atoms with Gasteiger partial charge in [0, 0.05) is 32.1 Å². The van der Waals surface area contributed by atoms with E-state index in [9.17, 15) is 0 Å². The Morgan fingerprint density at radius 1 is 1.05 bits per heavy atom. The number of aryl methyl sites for hydroxylation is 2. The molecule has 2 heterocycles. The Labute approximate surface area is 140 Å². The SMILES string of the molecule is Cc1cccc(C)c1B1C=CC=[C-]N1c1ccccn1.[Ir]. The molecule has 0 atom stereocenters. The van der Waals surface area contributed by atoms with Crippen molar-refractivity contribution in [1.29, 1.82) is 0 Å². The summed E-state index contributed by atoms with van der Waals surface area (Å²) in [5.41, 5.74) is 3.92. The maximum absolute atomic E-state index is 4.45. The van der Waals surface area contributed by atoms with Gasteiger partial charge in [-0.1, -0.05) is 41.5 Å². The predicted octanol–water partition coefficient (Wildman–Crippen LogP) is 2.83. The first-order valence-corrected chi connectivity index (χ1v) is 6.80. The summed E-state index contributed by atoms with van der Waals surface area (Å²) in [6.45, 7) is 4.46. The molecule has 0 aliphatic carbocycles. The molecule has 0 N–H and O–H groups in total. The van der Waals surface area contributed by atoms with Crippen LogP contribution in [-0.2, 0) is 20.1 Å². The second kappa shape index (κ2) is 6.88. The molecule has 0 fully saturated rings. The molecular weight excluding hydrogens is 435 g/mol. The van der Waals surface area contributed by atoms with Crippen molar-refractivity contribution < 1.29 is 20.1 Å². The fourth-order valence-electron chi connectivity index (χ4n) is 2.67. The normalized spacial score (nSPS) is 13.2. The molecule has 1 radical (unpaired) electrons. The van der Waals surface area contributed by atoms with E-state index in [1.807, 2.05) is 30.5 Å². The summed E-state index contributed by atoms with van der Waals surface area (Å²) in [4.78, 5) is 6.54. The van der Waals surface area contributed by atoms with Crippen LogP contribution in [0.4, 0.5) is 5.82 Å². The predicted molar refractivity (Wildman–Crippen MR) is 85.0 cm³/mol. The van der Waals surface area contributed by atoms with Gasteiger partial charge in [0.15, 0.2) is 0 Å². The van der Waals surface area contributed by atoms with Crippen molar-refractivity contribution in [2.75, 3.05) is 4.81 Å². The first-order chi connectivity index (χ1) is 9.77. The minimum absolute atomic E-state index is 0. The van der Waals surface area contributed by atoms with Crippen molar-refractivity contribution in [3.8, 4) is 0 Å². The summed E-state index contributed by atoms with van der Waals surface area (Å²) in [5, 5.41) is 0. The van der Waals surface area contributed by atoms with Gasteiger partial charge in [-0.3, -0.25) is 0 Å². The third-order valence-corrected chi connectivity index (χ3v) is 3.62. The van der Waals surface area contributed by atoms with E-state index in [0.29, 0.717) is 0 Å². The summed E-state index contributed by atoms with van der Waals surface area (Å²) in [6.07, 6.45) is 9.09. The Morgan fingerprint density at radius 3 is 2.48 bits per heavy atom. The molecule has 0 spiro atoms. The monoisotopic (exact) mass is 452 g/mol. The van der Waals surface area contributed by atoms with Crippen LogP contribution in [0.1, 0.15) is 11.1 Å². The van der Waals surface area contributed by atoms with E-state index >= 15 is 0 Å². The fraction of sp³-hybridized carbons (Fsp3) is 0.118. The van der Waals surface area contributed by atoms with Gasteiger partial charge in [-0.05, 0) is 25.4 Å². The van der Waals surface area contributed by atoms with Crippen LogP contribution >= 0.6 is 0 Å². The molecule has 0 saturated carbocycles. The zero-order valence-corrected chi connectivity index (χ0v) is 14.5. The molecule has 21 heavy (non-hydrogen) atoms. The van der Waals surface area contributed by atoms with E-state index in [-0.39, 0.29) is 27.0 Å². The summed E-state index contributed by atoms with van der Waals surface area (Å²) in [7, 11) is 0. The summed E-state index contributed by atoms with van der Waals surface area (Å²) in [5.74, 6) is 3.11. The van der Waals surface area contributed by atoms with Gasteiger partial charge in [0.05, 0.1) is 0 Å². The Kier molecular flexibility index (Phi) is 5.16. The minimum Gasteiger partial charge on any atom is -0.480 e. The Balaban J connectivity index is 0.00000161. The van der Waals surface area contributed by atoms with Gasteiger partial charge in [0.1, 0.15) is 0 Å². The van der Waals surface area contributed by atoms with Crippen molar-refractivity contribution >= 4 is 18.1 Å². The zero-order chi connectivity index (χ0) is 13.9. The van der Waals surface area contributed by atoms with Gasteiger partial charge in [0.2, 0.25) is 0 Å². The summed E-state index contributed by atoms with van der Waals surface area (Å²) in [6, 6.07) is 12.4. The molecular formula is C17H16BIrN2-. The molecule has 2 nitrogen and oxygen atoms in total. The third kappa shape index (κ3) is 3.17. The quantitative estimate of drug-likeness (QED) is 0.516. The van der Waals surface area contributed by atoms with E-state index < -0.39 is 0 Å². The van der Waals surface area contributed by atoms with Crippen LogP contribution in [0, 0.1) is 20.0 Å². The molecule has 0 bridgehead atoms. The Morgan fingerprint density at radius 2 is 1.81 bits per heavy atom. The van der Waals surface area contributed by atoms with Crippen molar-refractivity contribution in [3.63, 3.8) is 0 Å². The van der Waals surface area contributed by atoms with Crippen LogP contribution in [0.25, 0.3) is 0 Å². The van der Waals surface area contributed by atoms with Crippen molar-refractivity contribution in [2.24, 2.45) is 0 Å². The van der Waals surface area contributed by atoms with Crippen molar-refractivity contribution in [3.05, 3.63) is 78.0 Å². The maximum atomic E-state index is 4.45. The van der Waals surface area contributed by atoms with Gasteiger partial charge >= 0.3 is 0 Å². The molecule has 0 saturated heterocycles. The molecule has 107 valence electrons. The fourth-order valence-corrected chi connectivity index (χ4v) is 2.67. The number of aromatic nitrogens is 1. The van der Waals surface area contributed by atoms with Crippen molar-refractivity contribution in [1.82, 2.24) is 4.98 Å². The van der Waals surface area contributed by atoms with E-state index in [1.54, 1.807) is 0 Å². The second-order valence-electron chi connectivity index (χ2n) is 4.99. The number of hydrogen-bond acceptors (Lipinski definition) is 2. The van der Waals surface area contributed by atoms with Crippen LogP contribution in [0.5, 0.6) is 0 Å². The number of hydrogen-bond donors (Lipinski definition) is 0. The van der Waals surface area contributed by atoms with Crippen LogP contribution in [-0.4, -0.2) is 11.8 Å². The first-order valence-electron chi connectivity index (χ1n) is 6.80. The average Bonchev–Trinajstić information content (AvgIpc) is 2.48. The van der Waals surface area contributed by atoms with Crippen LogP contribution in [0.2, 0.25) is 0 Å². The standard InChI is InChI=1S/C17H16BN2.Ir/c1-14-8-7-9-15(2)17(14)18-11-4-6-13-20(18)16-10-3-5-12-19-16;/h3-12H,1-2H3;/q-1;. The largest absolute Gasteiger partial charge is 0.480 e. The van der Waals surface area contributed by atoms with Crippen molar-refractivity contribution in [2.45, 2.75) is 13.8 Å². The number of pyridine rings is 1. The average molecular weight is 451 g/mol. The van der Waals surface area contributed by atoms with E-state index in [2.05, 4.69) is 60.1 Å². The van der Waals surface area contributed by atoms with Gasteiger partial charge < -0.3 is 9.79 Å². The number of benzene rings is 1. The molecule has 2 aromatic rings. The molecule has 0 amide bonds. The van der Waals surface area contributed by atoms with Crippen LogP contribution < -0.4 is 10.3 Å². The molecule has 1 aliphatic rings. The van der Waals surface area contributed by atoms with E-state index in [4.69, 9.17) is 0 Å². The molecule has 3 rings (SSSR count). The number of nitrogens with zero attached hydrogens (tertiary/aromatic N) is 2. The zero-order valence-electron chi connectivity index (χ0n) is 12.1. The van der Waals surface area contributed by atoms with E-state index in [1.165, 1.54) is 16.6 Å². The van der Waals surface area contributed by atoms with Gasteiger partial charge in [-0.25, -0.2) is 0 Å². The molecule has 1 aromatic carbocycles. The smallest absolute Gasteiger partial charge is 0.285 e. The Hall–Kier alpha value is -1.64. The number of anilines is 1. The van der Waals surface area contributed by atoms with Gasteiger partial charge in [0.25, 0.3) is 6.85 Å².